The maximum atomic E-state index is 6.39. The molecule has 0 amide bonds. The molecule has 2 heteroatoms. The molecule has 112 valence electrons. The summed E-state index contributed by atoms with van der Waals surface area (Å²) in [5.74, 6) is 0.899. The number of rotatable bonds is 5. The van der Waals surface area contributed by atoms with Crippen LogP contribution in [0.5, 0.6) is 5.75 Å². The van der Waals surface area contributed by atoms with Crippen molar-refractivity contribution in [3.05, 3.63) is 64.2 Å². The largest absolute Gasteiger partial charge is 0.494 e. The van der Waals surface area contributed by atoms with Gasteiger partial charge in [0.1, 0.15) is 5.75 Å². The molecule has 2 rings (SSSR count). The summed E-state index contributed by atoms with van der Waals surface area (Å²) in [6.45, 7) is 9.15. The van der Waals surface area contributed by atoms with Crippen LogP contribution in [0.1, 0.15) is 40.8 Å². The average molecular weight is 283 g/mol. The lowest BCUT2D eigenvalue weighted by atomic mass is 9.92. The first-order valence-electron chi connectivity index (χ1n) is 7.56. The van der Waals surface area contributed by atoms with Crippen molar-refractivity contribution < 1.29 is 4.74 Å². The van der Waals surface area contributed by atoms with E-state index in [0.717, 1.165) is 17.7 Å². The Morgan fingerprint density at radius 1 is 1.00 bits per heavy atom. The quantitative estimate of drug-likeness (QED) is 0.890. The van der Waals surface area contributed by atoms with Gasteiger partial charge in [0.25, 0.3) is 0 Å². The van der Waals surface area contributed by atoms with Crippen LogP contribution in [0.4, 0.5) is 0 Å². The maximum absolute atomic E-state index is 6.39. The number of aryl methyl sites for hydroxylation is 3. The van der Waals surface area contributed by atoms with Gasteiger partial charge in [-0.25, -0.2) is 0 Å². The Balaban J connectivity index is 2.16. The van der Waals surface area contributed by atoms with Crippen molar-refractivity contribution in [2.75, 3.05) is 6.61 Å². The molecule has 0 heterocycles. The van der Waals surface area contributed by atoms with Crippen LogP contribution in [0.25, 0.3) is 0 Å². The van der Waals surface area contributed by atoms with Crippen LogP contribution in [0.3, 0.4) is 0 Å². The van der Waals surface area contributed by atoms with E-state index in [1.54, 1.807) is 0 Å². The minimum Gasteiger partial charge on any atom is -0.494 e. The first kappa shape index (κ1) is 15.6. The molecule has 0 aliphatic heterocycles. The molecule has 0 radical (unpaired) electrons. The molecular weight excluding hydrogens is 258 g/mol. The second-order valence-corrected chi connectivity index (χ2v) is 5.69. The number of ether oxygens (including phenoxy) is 1. The smallest absolute Gasteiger partial charge is 0.119 e. The molecule has 0 spiro atoms. The number of hydrogen-bond acceptors (Lipinski definition) is 2. The molecule has 0 bridgehead atoms. The van der Waals surface area contributed by atoms with Gasteiger partial charge >= 0.3 is 0 Å². The van der Waals surface area contributed by atoms with E-state index < -0.39 is 0 Å². The molecule has 0 aromatic heterocycles. The zero-order chi connectivity index (χ0) is 15.4. The fourth-order valence-corrected chi connectivity index (χ4v) is 2.85. The SMILES string of the molecule is CCOc1ccc(C(N)Cc2c(C)cc(C)cc2C)cc1. The Morgan fingerprint density at radius 2 is 1.57 bits per heavy atom. The minimum absolute atomic E-state index is 0.0146. The van der Waals surface area contributed by atoms with E-state index in [1.165, 1.54) is 22.3 Å². The van der Waals surface area contributed by atoms with E-state index in [1.807, 2.05) is 19.1 Å². The molecule has 1 unspecified atom stereocenters. The predicted molar refractivity (Wildman–Crippen MR) is 88.9 cm³/mol. The Bertz CT molecular complexity index is 578. The molecule has 2 aromatic rings. The summed E-state index contributed by atoms with van der Waals surface area (Å²) in [5, 5.41) is 0. The van der Waals surface area contributed by atoms with Crippen LogP contribution in [-0.4, -0.2) is 6.61 Å². The highest BCUT2D eigenvalue weighted by Crippen LogP contribution is 2.24. The fraction of sp³-hybridized carbons (Fsp3) is 0.368. The summed E-state index contributed by atoms with van der Waals surface area (Å²) < 4.78 is 5.47. The second kappa shape index (κ2) is 6.77. The van der Waals surface area contributed by atoms with Gasteiger partial charge in [-0.05, 0) is 68.5 Å². The van der Waals surface area contributed by atoms with E-state index in [4.69, 9.17) is 10.5 Å². The van der Waals surface area contributed by atoms with Gasteiger partial charge in [-0.3, -0.25) is 0 Å². The van der Waals surface area contributed by atoms with Crippen molar-refractivity contribution in [3.8, 4) is 5.75 Å². The summed E-state index contributed by atoms with van der Waals surface area (Å²) in [7, 11) is 0. The maximum Gasteiger partial charge on any atom is 0.119 e. The van der Waals surface area contributed by atoms with Gasteiger partial charge in [0.15, 0.2) is 0 Å². The Labute approximate surface area is 127 Å². The highest BCUT2D eigenvalue weighted by Gasteiger charge is 2.11. The normalized spacial score (nSPS) is 12.2. The third kappa shape index (κ3) is 3.85. The average Bonchev–Trinajstić information content (AvgIpc) is 2.43. The van der Waals surface area contributed by atoms with Crippen molar-refractivity contribution in [2.24, 2.45) is 5.73 Å². The summed E-state index contributed by atoms with van der Waals surface area (Å²) in [4.78, 5) is 0. The molecule has 2 N–H and O–H groups in total. The van der Waals surface area contributed by atoms with Crippen LogP contribution in [-0.2, 0) is 6.42 Å². The minimum atomic E-state index is 0.0146. The van der Waals surface area contributed by atoms with Gasteiger partial charge in [-0.1, -0.05) is 29.8 Å². The van der Waals surface area contributed by atoms with E-state index >= 15 is 0 Å². The fourth-order valence-electron chi connectivity index (χ4n) is 2.85. The molecule has 0 saturated heterocycles. The van der Waals surface area contributed by atoms with E-state index in [9.17, 15) is 0 Å². The molecule has 2 aromatic carbocycles. The van der Waals surface area contributed by atoms with Gasteiger partial charge in [0.2, 0.25) is 0 Å². The van der Waals surface area contributed by atoms with Crippen molar-refractivity contribution in [1.29, 1.82) is 0 Å². The standard InChI is InChI=1S/C19H25NO/c1-5-21-17-8-6-16(7-9-17)19(20)12-18-14(3)10-13(2)11-15(18)4/h6-11,19H,5,12,20H2,1-4H3. The number of benzene rings is 2. The zero-order valence-corrected chi connectivity index (χ0v) is 13.4. The lowest BCUT2D eigenvalue weighted by molar-refractivity contribution is 0.340. The van der Waals surface area contributed by atoms with Gasteiger partial charge in [-0.2, -0.15) is 0 Å². The predicted octanol–water partition coefficient (Wildman–Crippen LogP) is 4.25. The zero-order valence-electron chi connectivity index (χ0n) is 13.4. The van der Waals surface area contributed by atoms with Crippen LogP contribution in [0.2, 0.25) is 0 Å². The monoisotopic (exact) mass is 283 g/mol. The Morgan fingerprint density at radius 3 is 2.10 bits per heavy atom. The molecule has 0 aliphatic carbocycles. The number of nitrogens with two attached hydrogens (primary N) is 1. The molecule has 0 fully saturated rings. The van der Waals surface area contributed by atoms with Crippen molar-refractivity contribution in [3.63, 3.8) is 0 Å². The van der Waals surface area contributed by atoms with Crippen LogP contribution < -0.4 is 10.5 Å². The molecule has 2 nitrogen and oxygen atoms in total. The van der Waals surface area contributed by atoms with Crippen molar-refractivity contribution in [2.45, 2.75) is 40.2 Å². The van der Waals surface area contributed by atoms with Crippen molar-refractivity contribution in [1.82, 2.24) is 0 Å². The molecular formula is C19H25NO. The van der Waals surface area contributed by atoms with Crippen LogP contribution >= 0.6 is 0 Å². The molecule has 0 aliphatic rings. The van der Waals surface area contributed by atoms with E-state index in [-0.39, 0.29) is 6.04 Å². The first-order chi connectivity index (χ1) is 10.0. The molecule has 21 heavy (non-hydrogen) atoms. The third-order valence-corrected chi connectivity index (χ3v) is 3.88. The Hall–Kier alpha value is -1.80. The second-order valence-electron chi connectivity index (χ2n) is 5.69. The summed E-state index contributed by atoms with van der Waals surface area (Å²) in [6.07, 6.45) is 0.867. The Kier molecular flexibility index (Phi) is 5.03. The first-order valence-corrected chi connectivity index (χ1v) is 7.56. The summed E-state index contributed by atoms with van der Waals surface area (Å²) in [6, 6.07) is 12.6. The third-order valence-electron chi connectivity index (χ3n) is 3.88. The highest BCUT2D eigenvalue weighted by atomic mass is 16.5. The van der Waals surface area contributed by atoms with Gasteiger partial charge in [-0.15, -0.1) is 0 Å². The number of hydrogen-bond donors (Lipinski definition) is 1. The van der Waals surface area contributed by atoms with Gasteiger partial charge in [0, 0.05) is 6.04 Å². The topological polar surface area (TPSA) is 35.2 Å². The van der Waals surface area contributed by atoms with Crippen LogP contribution in [0, 0.1) is 20.8 Å². The van der Waals surface area contributed by atoms with Gasteiger partial charge in [0.05, 0.1) is 6.61 Å². The van der Waals surface area contributed by atoms with Crippen LogP contribution in [0.15, 0.2) is 36.4 Å². The van der Waals surface area contributed by atoms with E-state index in [2.05, 4.69) is 45.0 Å². The van der Waals surface area contributed by atoms with E-state index in [0.29, 0.717) is 6.61 Å². The summed E-state index contributed by atoms with van der Waals surface area (Å²) in [5.41, 5.74) is 12.9. The lowest BCUT2D eigenvalue weighted by Crippen LogP contribution is -2.15. The summed E-state index contributed by atoms with van der Waals surface area (Å²) >= 11 is 0. The van der Waals surface area contributed by atoms with Crippen molar-refractivity contribution >= 4 is 0 Å². The lowest BCUT2D eigenvalue weighted by Gasteiger charge is -2.17. The molecule has 0 saturated carbocycles. The van der Waals surface area contributed by atoms with Gasteiger partial charge < -0.3 is 10.5 Å². The highest BCUT2D eigenvalue weighted by molar-refractivity contribution is 5.39. The molecule has 1 atom stereocenters.